The van der Waals surface area contributed by atoms with Gasteiger partial charge in [0.2, 0.25) is 5.91 Å². The van der Waals surface area contributed by atoms with E-state index < -0.39 is 0 Å². The number of hydrogen-bond acceptors (Lipinski definition) is 2. The minimum atomic E-state index is -0.0233. The normalized spacial score (nSPS) is 17.9. The predicted octanol–water partition coefficient (Wildman–Crippen LogP) is 3.38. The van der Waals surface area contributed by atoms with Gasteiger partial charge in [0.15, 0.2) is 0 Å². The third-order valence-corrected chi connectivity index (χ3v) is 3.52. The molecule has 3 rings (SSSR count). The van der Waals surface area contributed by atoms with Gasteiger partial charge in [-0.2, -0.15) is 5.10 Å². The summed E-state index contributed by atoms with van der Waals surface area (Å²) >= 11 is 0. The van der Waals surface area contributed by atoms with Gasteiger partial charge in [0.05, 0.1) is 11.8 Å². The zero-order chi connectivity index (χ0) is 13.9. The molecular formula is C17H16N2O. The van der Waals surface area contributed by atoms with Crippen LogP contribution in [0, 0.1) is 0 Å². The molecule has 2 aromatic rings. The van der Waals surface area contributed by atoms with Crippen LogP contribution >= 0.6 is 0 Å². The van der Waals surface area contributed by atoms with E-state index >= 15 is 0 Å². The van der Waals surface area contributed by atoms with E-state index in [9.17, 15) is 4.79 Å². The van der Waals surface area contributed by atoms with Gasteiger partial charge < -0.3 is 0 Å². The van der Waals surface area contributed by atoms with Crippen LogP contribution in [0.1, 0.15) is 30.5 Å². The molecule has 2 aromatic carbocycles. The van der Waals surface area contributed by atoms with Crippen molar-refractivity contribution in [3.8, 4) is 0 Å². The molecule has 1 aliphatic rings. The lowest BCUT2D eigenvalue weighted by Crippen LogP contribution is -2.24. The molecule has 0 fully saturated rings. The van der Waals surface area contributed by atoms with Crippen LogP contribution in [0.25, 0.3) is 0 Å². The van der Waals surface area contributed by atoms with E-state index in [2.05, 4.69) is 5.10 Å². The Morgan fingerprint density at radius 3 is 2.25 bits per heavy atom. The lowest BCUT2D eigenvalue weighted by atomic mass is 9.98. The zero-order valence-electron chi connectivity index (χ0n) is 11.4. The highest BCUT2D eigenvalue weighted by Gasteiger charge is 2.30. The van der Waals surface area contributed by atoms with Gasteiger partial charge in [-0.15, -0.1) is 0 Å². The van der Waals surface area contributed by atoms with Crippen LogP contribution in [-0.4, -0.2) is 16.6 Å². The van der Waals surface area contributed by atoms with Crippen molar-refractivity contribution in [1.29, 1.82) is 0 Å². The molecule has 20 heavy (non-hydrogen) atoms. The second-order valence-corrected chi connectivity index (χ2v) is 4.91. The van der Waals surface area contributed by atoms with E-state index in [0.29, 0.717) is 0 Å². The fourth-order valence-electron chi connectivity index (χ4n) is 2.54. The van der Waals surface area contributed by atoms with Gasteiger partial charge >= 0.3 is 0 Å². The Labute approximate surface area is 118 Å². The molecule has 0 unspecified atom stereocenters. The maximum atomic E-state index is 11.8. The summed E-state index contributed by atoms with van der Waals surface area (Å²) in [4.78, 5) is 11.8. The standard InChI is InChI=1S/C17H16N2O/c1-13(20)19-17(15-10-6-3-7-11-15)12-16(18-19)14-8-4-2-5-9-14/h2-11,17H,12H2,1H3/t17-/m0/s1. The Bertz CT molecular complexity index is 635. The molecule has 0 aromatic heterocycles. The number of nitrogens with zero attached hydrogens (tertiary/aromatic N) is 2. The van der Waals surface area contributed by atoms with Crippen LogP contribution in [0.15, 0.2) is 65.8 Å². The van der Waals surface area contributed by atoms with Crippen molar-refractivity contribution in [2.45, 2.75) is 19.4 Å². The summed E-state index contributed by atoms with van der Waals surface area (Å²) in [5.74, 6) is -0.0233. The second-order valence-electron chi connectivity index (χ2n) is 4.91. The molecule has 1 atom stereocenters. The minimum absolute atomic E-state index is 0.00362. The molecule has 0 bridgehead atoms. The summed E-state index contributed by atoms with van der Waals surface area (Å²) in [7, 11) is 0. The van der Waals surface area contributed by atoms with Crippen molar-refractivity contribution >= 4 is 11.6 Å². The first-order chi connectivity index (χ1) is 9.75. The Morgan fingerprint density at radius 1 is 1.05 bits per heavy atom. The van der Waals surface area contributed by atoms with E-state index in [-0.39, 0.29) is 11.9 Å². The molecule has 0 saturated heterocycles. The van der Waals surface area contributed by atoms with Crippen LogP contribution in [0.4, 0.5) is 0 Å². The molecular weight excluding hydrogens is 248 g/mol. The SMILES string of the molecule is CC(=O)N1N=C(c2ccccc2)C[C@H]1c1ccccc1. The average Bonchev–Trinajstić information content (AvgIpc) is 2.94. The Hall–Kier alpha value is -2.42. The maximum absolute atomic E-state index is 11.8. The lowest BCUT2D eigenvalue weighted by Gasteiger charge is -2.20. The Morgan fingerprint density at radius 2 is 1.65 bits per heavy atom. The molecule has 0 N–H and O–H groups in total. The fourth-order valence-corrected chi connectivity index (χ4v) is 2.54. The highest BCUT2D eigenvalue weighted by molar-refractivity contribution is 6.03. The summed E-state index contributed by atoms with van der Waals surface area (Å²) in [5.41, 5.74) is 3.17. The van der Waals surface area contributed by atoms with E-state index in [1.807, 2.05) is 60.7 Å². The van der Waals surface area contributed by atoms with E-state index in [0.717, 1.165) is 23.3 Å². The van der Waals surface area contributed by atoms with Crippen LogP contribution < -0.4 is 0 Å². The maximum Gasteiger partial charge on any atom is 0.240 e. The summed E-state index contributed by atoms with van der Waals surface area (Å²) in [6.07, 6.45) is 0.758. The zero-order valence-corrected chi connectivity index (χ0v) is 11.4. The van der Waals surface area contributed by atoms with Gasteiger partial charge in [0.25, 0.3) is 0 Å². The number of hydrazone groups is 1. The minimum Gasteiger partial charge on any atom is -0.273 e. The van der Waals surface area contributed by atoms with Gasteiger partial charge in [-0.05, 0) is 11.1 Å². The van der Waals surface area contributed by atoms with Crippen molar-refractivity contribution < 1.29 is 4.79 Å². The van der Waals surface area contributed by atoms with Crippen molar-refractivity contribution in [2.24, 2.45) is 5.10 Å². The molecule has 3 heteroatoms. The van der Waals surface area contributed by atoms with E-state index in [1.54, 1.807) is 11.9 Å². The molecule has 0 spiro atoms. The van der Waals surface area contributed by atoms with Gasteiger partial charge in [0.1, 0.15) is 0 Å². The number of carbonyl (C=O) groups is 1. The number of rotatable bonds is 2. The predicted molar refractivity (Wildman–Crippen MR) is 79.3 cm³/mol. The smallest absolute Gasteiger partial charge is 0.240 e. The first-order valence-electron chi connectivity index (χ1n) is 6.73. The molecule has 0 aliphatic carbocycles. The topological polar surface area (TPSA) is 32.7 Å². The summed E-state index contributed by atoms with van der Waals surface area (Å²) in [6.45, 7) is 1.56. The largest absolute Gasteiger partial charge is 0.273 e. The molecule has 3 nitrogen and oxygen atoms in total. The first kappa shape index (κ1) is 12.6. The third-order valence-electron chi connectivity index (χ3n) is 3.52. The highest BCUT2D eigenvalue weighted by Crippen LogP contribution is 2.32. The molecule has 1 heterocycles. The van der Waals surface area contributed by atoms with Gasteiger partial charge in [-0.1, -0.05) is 60.7 Å². The van der Waals surface area contributed by atoms with Gasteiger partial charge in [0, 0.05) is 13.3 Å². The average molecular weight is 264 g/mol. The van der Waals surface area contributed by atoms with Crippen LogP contribution in [0.2, 0.25) is 0 Å². The number of amides is 1. The van der Waals surface area contributed by atoms with Crippen LogP contribution in [0.3, 0.4) is 0 Å². The number of carbonyl (C=O) groups excluding carboxylic acids is 1. The van der Waals surface area contributed by atoms with Crippen LogP contribution in [0.5, 0.6) is 0 Å². The molecule has 1 amide bonds. The van der Waals surface area contributed by atoms with Gasteiger partial charge in [-0.3, -0.25) is 4.79 Å². The van der Waals surface area contributed by atoms with Crippen LogP contribution in [-0.2, 0) is 4.79 Å². The second kappa shape index (κ2) is 5.29. The lowest BCUT2D eigenvalue weighted by molar-refractivity contribution is -0.130. The molecule has 1 aliphatic heterocycles. The number of hydrogen-bond donors (Lipinski definition) is 0. The van der Waals surface area contributed by atoms with E-state index in [1.165, 1.54) is 0 Å². The summed E-state index contributed by atoms with van der Waals surface area (Å²) in [5, 5.41) is 6.11. The van der Waals surface area contributed by atoms with Crippen molar-refractivity contribution in [2.75, 3.05) is 0 Å². The third kappa shape index (κ3) is 2.35. The summed E-state index contributed by atoms with van der Waals surface area (Å²) in [6, 6.07) is 20.1. The Balaban J connectivity index is 1.94. The van der Waals surface area contributed by atoms with Crippen molar-refractivity contribution in [1.82, 2.24) is 5.01 Å². The van der Waals surface area contributed by atoms with Gasteiger partial charge in [-0.25, -0.2) is 5.01 Å². The first-order valence-corrected chi connectivity index (χ1v) is 6.73. The quantitative estimate of drug-likeness (QED) is 0.818. The van der Waals surface area contributed by atoms with Crippen molar-refractivity contribution in [3.05, 3.63) is 71.8 Å². The Kier molecular flexibility index (Phi) is 3.33. The highest BCUT2D eigenvalue weighted by atomic mass is 16.2. The fraction of sp³-hybridized carbons (Fsp3) is 0.176. The summed E-state index contributed by atoms with van der Waals surface area (Å²) < 4.78 is 0. The molecule has 100 valence electrons. The van der Waals surface area contributed by atoms with Crippen molar-refractivity contribution in [3.63, 3.8) is 0 Å². The molecule has 0 radical (unpaired) electrons. The van der Waals surface area contributed by atoms with E-state index in [4.69, 9.17) is 0 Å². The monoisotopic (exact) mass is 264 g/mol. The molecule has 0 saturated carbocycles. The number of benzene rings is 2.